The first kappa shape index (κ1) is 37.5. The Balaban J connectivity index is 1.88. The number of furan rings is 1. The average Bonchev–Trinajstić information content (AvgIpc) is 3.37. The van der Waals surface area contributed by atoms with E-state index < -0.39 is 30.0 Å². The Hall–Kier alpha value is -1.94. The van der Waals surface area contributed by atoms with Gasteiger partial charge in [-0.15, -0.1) is 0 Å². The standard InChI is InChI=1S/C36H56O7S2/c1-3-5-7-9-11-13-15-17-19-21-25-29-30(26-22-20-18-16-14-12-10-8-6-4-2)35(44(37,38)39)36(45(40,41)42)34-33(29)31-27-23-24-28-32(31)43-34/h23-24,27-28H,3-22,25-26H2,1-2H3,(H,37,38,39)(H,40,41,42). The molecule has 0 fully saturated rings. The second-order valence-corrected chi connectivity index (χ2v) is 15.4. The van der Waals surface area contributed by atoms with Gasteiger partial charge in [0.2, 0.25) is 0 Å². The lowest BCUT2D eigenvalue weighted by molar-refractivity contribution is 0.463. The van der Waals surface area contributed by atoms with E-state index in [1.54, 1.807) is 12.1 Å². The normalized spacial score (nSPS) is 12.5. The van der Waals surface area contributed by atoms with Crippen molar-refractivity contribution in [2.45, 2.75) is 165 Å². The molecular formula is C36H56O7S2. The highest BCUT2D eigenvalue weighted by Gasteiger charge is 2.35. The molecule has 0 bridgehead atoms. The summed E-state index contributed by atoms with van der Waals surface area (Å²) in [7, 11) is -10.1. The Morgan fingerprint density at radius 2 is 0.933 bits per heavy atom. The third-order valence-corrected chi connectivity index (χ3v) is 11.0. The summed E-state index contributed by atoms with van der Waals surface area (Å²) in [5, 5.41) is 1.19. The van der Waals surface area contributed by atoms with Crippen LogP contribution in [0.25, 0.3) is 21.9 Å². The van der Waals surface area contributed by atoms with Gasteiger partial charge in [-0.3, -0.25) is 9.11 Å². The second kappa shape index (κ2) is 19.0. The summed E-state index contributed by atoms with van der Waals surface area (Å²) >= 11 is 0. The second-order valence-electron chi connectivity index (χ2n) is 12.7. The maximum atomic E-state index is 12.9. The number of benzene rings is 2. The summed E-state index contributed by atoms with van der Waals surface area (Å²) in [4.78, 5) is -1.58. The summed E-state index contributed by atoms with van der Waals surface area (Å²) in [6.45, 7) is 4.43. The lowest BCUT2D eigenvalue weighted by Gasteiger charge is -2.18. The predicted molar refractivity (Wildman–Crippen MR) is 184 cm³/mol. The first-order chi connectivity index (χ1) is 21.6. The van der Waals surface area contributed by atoms with Crippen LogP contribution < -0.4 is 0 Å². The zero-order valence-corrected chi connectivity index (χ0v) is 29.3. The van der Waals surface area contributed by atoms with Gasteiger partial charge in [-0.2, -0.15) is 16.8 Å². The molecule has 0 amide bonds. The minimum atomic E-state index is -5.06. The number of rotatable bonds is 24. The van der Waals surface area contributed by atoms with Crippen LogP contribution >= 0.6 is 0 Å². The molecule has 254 valence electrons. The first-order valence-electron chi connectivity index (χ1n) is 17.5. The molecule has 9 heteroatoms. The van der Waals surface area contributed by atoms with Crippen molar-refractivity contribution in [2.24, 2.45) is 0 Å². The molecule has 0 aliphatic rings. The smallest absolute Gasteiger partial charge is 0.299 e. The molecule has 0 aliphatic heterocycles. The molecule has 0 spiro atoms. The lowest BCUT2D eigenvalue weighted by Crippen LogP contribution is -2.15. The van der Waals surface area contributed by atoms with Crippen molar-refractivity contribution in [3.63, 3.8) is 0 Å². The Morgan fingerprint density at radius 3 is 1.38 bits per heavy atom. The molecule has 0 atom stereocenters. The fourth-order valence-corrected chi connectivity index (χ4v) is 8.89. The molecule has 0 saturated carbocycles. The highest BCUT2D eigenvalue weighted by atomic mass is 32.2. The zero-order chi connectivity index (χ0) is 32.7. The molecule has 7 nitrogen and oxygen atoms in total. The van der Waals surface area contributed by atoms with Crippen molar-refractivity contribution in [1.82, 2.24) is 0 Å². The lowest BCUT2D eigenvalue weighted by atomic mass is 9.92. The molecule has 45 heavy (non-hydrogen) atoms. The minimum Gasteiger partial charge on any atom is -0.455 e. The van der Waals surface area contributed by atoms with Crippen molar-refractivity contribution < 1.29 is 30.4 Å². The molecule has 0 aliphatic carbocycles. The molecule has 1 heterocycles. The van der Waals surface area contributed by atoms with Gasteiger partial charge >= 0.3 is 0 Å². The van der Waals surface area contributed by atoms with E-state index in [9.17, 15) is 25.9 Å². The van der Waals surface area contributed by atoms with Crippen molar-refractivity contribution in [1.29, 1.82) is 0 Å². The quantitative estimate of drug-likeness (QED) is 0.0721. The largest absolute Gasteiger partial charge is 0.455 e. The molecule has 0 saturated heterocycles. The summed E-state index contributed by atoms with van der Waals surface area (Å²) in [5.41, 5.74) is 1.18. The Morgan fingerprint density at radius 1 is 0.533 bits per heavy atom. The molecule has 0 unspecified atom stereocenters. The highest BCUT2D eigenvalue weighted by molar-refractivity contribution is 7.89. The fourth-order valence-electron chi connectivity index (χ4n) is 6.66. The monoisotopic (exact) mass is 664 g/mol. The number of unbranched alkanes of at least 4 members (excludes halogenated alkanes) is 18. The van der Waals surface area contributed by atoms with Crippen LogP contribution in [0.2, 0.25) is 0 Å². The van der Waals surface area contributed by atoms with Crippen LogP contribution in [0.15, 0.2) is 38.5 Å². The molecule has 0 radical (unpaired) electrons. The van der Waals surface area contributed by atoms with E-state index in [0.29, 0.717) is 40.3 Å². The van der Waals surface area contributed by atoms with E-state index >= 15 is 0 Å². The van der Waals surface area contributed by atoms with Crippen LogP contribution in [0.1, 0.15) is 153 Å². The van der Waals surface area contributed by atoms with Crippen LogP contribution in [0.3, 0.4) is 0 Å². The minimum absolute atomic E-state index is 0.208. The summed E-state index contributed by atoms with van der Waals surface area (Å²) < 4.78 is 78.0. The third kappa shape index (κ3) is 11.4. The van der Waals surface area contributed by atoms with Crippen LogP contribution in [0.5, 0.6) is 0 Å². The average molecular weight is 665 g/mol. The summed E-state index contributed by atoms with van der Waals surface area (Å²) in [6, 6.07) is 7.11. The van der Waals surface area contributed by atoms with Gasteiger partial charge in [0.1, 0.15) is 10.5 Å². The van der Waals surface area contributed by atoms with Gasteiger partial charge in [0.15, 0.2) is 10.5 Å². The van der Waals surface area contributed by atoms with Crippen molar-refractivity contribution >= 4 is 42.2 Å². The number of hydrogen-bond donors (Lipinski definition) is 2. The zero-order valence-electron chi connectivity index (χ0n) is 27.6. The number of fused-ring (bicyclic) bond motifs is 3. The SMILES string of the molecule is CCCCCCCCCCCCc1c(S(=O)(=O)O)c(S(=O)(=O)O)c2oc3ccccc3c2c1CCCCCCCCCCCC. The van der Waals surface area contributed by atoms with Crippen LogP contribution in [-0.2, 0) is 33.1 Å². The first-order valence-corrected chi connectivity index (χ1v) is 20.4. The molecule has 1 aromatic heterocycles. The van der Waals surface area contributed by atoms with Gasteiger partial charge in [-0.25, -0.2) is 0 Å². The van der Waals surface area contributed by atoms with Gasteiger partial charge < -0.3 is 4.42 Å². The maximum Gasteiger partial charge on any atom is 0.299 e. The van der Waals surface area contributed by atoms with Crippen molar-refractivity contribution in [2.75, 3.05) is 0 Å². The van der Waals surface area contributed by atoms with Gasteiger partial charge in [0.05, 0.1) is 0 Å². The number of para-hydroxylation sites is 1. The van der Waals surface area contributed by atoms with E-state index in [4.69, 9.17) is 4.42 Å². The molecular weight excluding hydrogens is 609 g/mol. The topological polar surface area (TPSA) is 122 Å². The van der Waals surface area contributed by atoms with Crippen LogP contribution in [-0.4, -0.2) is 25.9 Å². The Kier molecular flexibility index (Phi) is 15.9. The molecule has 2 N–H and O–H groups in total. The summed E-state index contributed by atoms with van der Waals surface area (Å²) in [6.07, 6.45) is 23.4. The van der Waals surface area contributed by atoms with Gasteiger partial charge in [0.25, 0.3) is 20.2 Å². The van der Waals surface area contributed by atoms with E-state index in [1.807, 2.05) is 12.1 Å². The molecule has 2 aromatic carbocycles. The van der Waals surface area contributed by atoms with Gasteiger partial charge in [0, 0.05) is 10.8 Å². The van der Waals surface area contributed by atoms with Crippen molar-refractivity contribution in [3.8, 4) is 0 Å². The maximum absolute atomic E-state index is 12.9. The summed E-state index contributed by atoms with van der Waals surface area (Å²) in [5.74, 6) is 0. The van der Waals surface area contributed by atoms with E-state index in [0.717, 1.165) is 44.9 Å². The fraction of sp³-hybridized carbons (Fsp3) is 0.667. The number of hydrogen-bond acceptors (Lipinski definition) is 5. The number of aryl methyl sites for hydroxylation is 1. The van der Waals surface area contributed by atoms with Crippen LogP contribution in [0, 0.1) is 0 Å². The van der Waals surface area contributed by atoms with E-state index in [2.05, 4.69) is 13.8 Å². The van der Waals surface area contributed by atoms with E-state index in [-0.39, 0.29) is 12.0 Å². The van der Waals surface area contributed by atoms with Gasteiger partial charge in [-0.05, 0) is 42.9 Å². The predicted octanol–water partition coefficient (Wildman–Crippen LogP) is 11.0. The molecule has 3 aromatic rings. The van der Waals surface area contributed by atoms with Crippen molar-refractivity contribution in [3.05, 3.63) is 35.4 Å². The van der Waals surface area contributed by atoms with Gasteiger partial charge in [-0.1, -0.05) is 148 Å². The van der Waals surface area contributed by atoms with Crippen LogP contribution in [0.4, 0.5) is 0 Å². The van der Waals surface area contributed by atoms with E-state index in [1.165, 1.54) is 77.0 Å². The third-order valence-electron chi connectivity index (χ3n) is 9.02. The Bertz CT molecular complexity index is 1540. The highest BCUT2D eigenvalue weighted by Crippen LogP contribution is 2.43. The Labute approximate surface area is 272 Å². The molecule has 3 rings (SSSR count).